The van der Waals surface area contributed by atoms with Gasteiger partial charge in [0.05, 0.1) is 22.4 Å². The van der Waals surface area contributed by atoms with Gasteiger partial charge in [0.1, 0.15) is 5.58 Å². The predicted molar refractivity (Wildman–Crippen MR) is 238 cm³/mol. The van der Waals surface area contributed by atoms with E-state index in [2.05, 4.69) is 165 Å². The van der Waals surface area contributed by atoms with E-state index in [1.807, 2.05) is 42.5 Å². The zero-order chi connectivity index (χ0) is 39.0. The number of benzene rings is 6. The number of imidazole rings is 1. The molecular formula is C51H47GeIrN3O-2. The number of aromatic nitrogens is 3. The van der Waals surface area contributed by atoms with Gasteiger partial charge in [0.25, 0.3) is 0 Å². The quantitative estimate of drug-likeness (QED) is 0.118. The molecule has 0 aliphatic heterocycles. The van der Waals surface area contributed by atoms with Gasteiger partial charge in [-0.25, -0.2) is 0 Å². The maximum Gasteiger partial charge on any atom is 0 e. The van der Waals surface area contributed by atoms with E-state index in [1.165, 1.54) is 32.3 Å². The van der Waals surface area contributed by atoms with Crippen LogP contribution in [-0.4, -0.2) is 27.8 Å². The number of pyridine rings is 1. The molecule has 0 saturated carbocycles. The van der Waals surface area contributed by atoms with Gasteiger partial charge < -0.3 is 8.98 Å². The zero-order valence-electron chi connectivity index (χ0n) is 33.6. The SMILES string of the molecule is CC(C)c1cccc(C(C)C)c1-n1c(-c2[c-]ccc3c2oc2ccccc23)nc2ccccc21.[CH3][Ge]([CH3])([CH3])[c]1cnc(-c2[c-]cccc2)cc1-c1ccccc1.[Ir]. The predicted octanol–water partition coefficient (Wildman–Crippen LogP) is 13.4. The number of para-hydroxylation sites is 4. The van der Waals surface area contributed by atoms with Crippen molar-refractivity contribution >= 4 is 50.6 Å². The normalized spacial score (nSPS) is 11.6. The van der Waals surface area contributed by atoms with Gasteiger partial charge >= 0.3 is 135 Å². The monoisotopic (exact) mass is 984 g/mol. The molecule has 0 atom stereocenters. The summed E-state index contributed by atoms with van der Waals surface area (Å²) in [7, 11) is 0. The van der Waals surface area contributed by atoms with Gasteiger partial charge in [-0.15, -0.1) is 18.2 Å². The van der Waals surface area contributed by atoms with Crippen molar-refractivity contribution in [1.82, 2.24) is 14.5 Å². The molecule has 1 radical (unpaired) electrons. The van der Waals surface area contributed by atoms with Gasteiger partial charge in [0.2, 0.25) is 0 Å². The minimum absolute atomic E-state index is 0. The molecule has 9 aromatic rings. The van der Waals surface area contributed by atoms with E-state index in [-0.39, 0.29) is 20.1 Å². The van der Waals surface area contributed by atoms with Crippen LogP contribution in [-0.2, 0) is 20.1 Å². The summed E-state index contributed by atoms with van der Waals surface area (Å²) in [6.07, 6.45) is 2.10. The summed E-state index contributed by atoms with van der Waals surface area (Å²) < 4.78 is 10.2. The summed E-state index contributed by atoms with van der Waals surface area (Å²) in [6, 6.07) is 55.0. The molecule has 0 aliphatic rings. The summed E-state index contributed by atoms with van der Waals surface area (Å²) in [4.78, 5) is 9.87. The van der Waals surface area contributed by atoms with Crippen LogP contribution >= 0.6 is 0 Å². The van der Waals surface area contributed by atoms with Crippen molar-refractivity contribution in [1.29, 1.82) is 0 Å². The van der Waals surface area contributed by atoms with Crippen molar-refractivity contribution in [3.63, 3.8) is 0 Å². The Hall–Kier alpha value is -5.07. The molecule has 9 rings (SSSR count). The van der Waals surface area contributed by atoms with E-state index >= 15 is 0 Å². The smallest absolute Gasteiger partial charge is 0 e. The first-order valence-corrected chi connectivity index (χ1v) is 26.9. The summed E-state index contributed by atoms with van der Waals surface area (Å²) in [5.41, 5.74) is 13.1. The molecule has 0 unspecified atom stereocenters. The molecule has 0 bridgehead atoms. The average Bonchev–Trinajstić information content (AvgIpc) is 3.80. The molecule has 3 aromatic heterocycles. The molecule has 6 aromatic carbocycles. The van der Waals surface area contributed by atoms with Crippen molar-refractivity contribution in [2.75, 3.05) is 0 Å². The van der Waals surface area contributed by atoms with Crippen LogP contribution < -0.4 is 4.40 Å². The Morgan fingerprint density at radius 1 is 0.667 bits per heavy atom. The Kier molecular flexibility index (Phi) is 11.8. The van der Waals surface area contributed by atoms with Gasteiger partial charge in [0, 0.05) is 31.2 Å². The molecule has 0 N–H and O–H groups in total. The van der Waals surface area contributed by atoms with Crippen LogP contribution in [0.5, 0.6) is 0 Å². The fraction of sp³-hybridized carbons (Fsp3) is 0.176. The van der Waals surface area contributed by atoms with Gasteiger partial charge in [-0.3, -0.25) is 4.98 Å². The maximum atomic E-state index is 6.40. The number of hydrogen-bond donors (Lipinski definition) is 0. The van der Waals surface area contributed by atoms with Crippen LogP contribution in [0.4, 0.5) is 0 Å². The van der Waals surface area contributed by atoms with Crippen molar-refractivity contribution in [2.24, 2.45) is 0 Å². The van der Waals surface area contributed by atoms with Crippen LogP contribution in [0, 0.1) is 12.1 Å². The van der Waals surface area contributed by atoms with E-state index < -0.39 is 13.3 Å². The first-order chi connectivity index (χ1) is 27.1. The molecule has 287 valence electrons. The Labute approximate surface area is 352 Å². The van der Waals surface area contributed by atoms with E-state index in [4.69, 9.17) is 14.4 Å². The van der Waals surface area contributed by atoms with Crippen LogP contribution in [0.15, 0.2) is 150 Å². The Morgan fingerprint density at radius 2 is 1.35 bits per heavy atom. The minimum Gasteiger partial charge on any atom is 0 e. The van der Waals surface area contributed by atoms with Crippen LogP contribution in [0.25, 0.3) is 72.4 Å². The van der Waals surface area contributed by atoms with Crippen molar-refractivity contribution in [3.05, 3.63) is 169 Å². The Balaban J connectivity index is 0.000000188. The van der Waals surface area contributed by atoms with Crippen LogP contribution in [0.3, 0.4) is 0 Å². The molecule has 0 fully saturated rings. The summed E-state index contributed by atoms with van der Waals surface area (Å²) in [5, 5.41) is 2.20. The molecule has 4 nitrogen and oxygen atoms in total. The standard InChI is InChI=1S/C31H27N2O.C20H20GeN.Ir/c1-19(2)21-12-9-13-22(20(3)4)29(21)33-27-17-7-6-16-26(27)32-31(33)25-15-10-14-24-23-11-5-8-18-28(23)34-30(24)25;1-21(2,3)19-15-22-20(17-12-8-5-9-13-17)14-18(19)16-10-6-4-7-11-16;/h5-14,16-20H,1-4H3;4-12,14-15H,1-3H3;/q2*-1;. The zero-order valence-corrected chi connectivity index (χ0v) is 38.1. The number of rotatable bonds is 7. The van der Waals surface area contributed by atoms with Gasteiger partial charge in [-0.1, -0.05) is 87.2 Å². The molecule has 0 aliphatic carbocycles. The van der Waals surface area contributed by atoms with Crippen LogP contribution in [0.1, 0.15) is 50.7 Å². The number of furan rings is 1. The fourth-order valence-electron chi connectivity index (χ4n) is 7.66. The first kappa shape index (κ1) is 40.1. The topological polar surface area (TPSA) is 43.9 Å². The van der Waals surface area contributed by atoms with Crippen molar-refractivity contribution < 1.29 is 24.5 Å². The number of hydrogen-bond acceptors (Lipinski definition) is 3. The number of nitrogens with zero attached hydrogens (tertiary/aromatic N) is 3. The third-order valence-corrected chi connectivity index (χ3v) is 14.7. The third-order valence-electron chi connectivity index (χ3n) is 10.5. The summed E-state index contributed by atoms with van der Waals surface area (Å²) in [6.45, 7) is 9.03. The summed E-state index contributed by atoms with van der Waals surface area (Å²) >= 11 is -1.99. The largest absolute Gasteiger partial charge is 0 e. The van der Waals surface area contributed by atoms with Crippen molar-refractivity contribution in [2.45, 2.75) is 56.8 Å². The molecule has 0 saturated heterocycles. The second-order valence-corrected chi connectivity index (χ2v) is 26.6. The fourth-order valence-corrected chi connectivity index (χ4v) is 10.8. The number of fused-ring (bicyclic) bond motifs is 4. The Bertz CT molecular complexity index is 2770. The molecule has 57 heavy (non-hydrogen) atoms. The molecular weight excluding hydrogens is 935 g/mol. The van der Waals surface area contributed by atoms with Gasteiger partial charge in [0.15, 0.2) is 0 Å². The van der Waals surface area contributed by atoms with Gasteiger partial charge in [-0.2, -0.15) is 0 Å². The third kappa shape index (κ3) is 7.94. The summed E-state index contributed by atoms with van der Waals surface area (Å²) in [5.74, 6) is 8.84. The van der Waals surface area contributed by atoms with Crippen LogP contribution in [0.2, 0.25) is 17.3 Å². The van der Waals surface area contributed by atoms with Gasteiger partial charge in [-0.05, 0) is 41.2 Å². The maximum absolute atomic E-state index is 6.40. The minimum atomic E-state index is -1.99. The molecule has 0 spiro atoms. The molecule has 3 heterocycles. The van der Waals surface area contributed by atoms with E-state index in [9.17, 15) is 0 Å². The van der Waals surface area contributed by atoms with E-state index in [1.54, 1.807) is 0 Å². The Morgan fingerprint density at radius 3 is 2.05 bits per heavy atom. The van der Waals surface area contributed by atoms with E-state index in [0.29, 0.717) is 11.8 Å². The van der Waals surface area contributed by atoms with Crippen molar-refractivity contribution in [3.8, 4) is 39.5 Å². The van der Waals surface area contributed by atoms with E-state index in [0.717, 1.165) is 55.6 Å². The molecule has 6 heteroatoms. The first-order valence-electron chi connectivity index (χ1n) is 19.6. The second-order valence-electron chi connectivity index (χ2n) is 16.1. The molecule has 0 amide bonds. The second kappa shape index (κ2) is 16.8. The average molecular weight is 983 g/mol.